The normalized spacial score (nSPS) is 13.3. The first kappa shape index (κ1) is 26.8. The van der Waals surface area contributed by atoms with Crippen LogP contribution in [0.5, 0.6) is 5.75 Å². The summed E-state index contributed by atoms with van der Waals surface area (Å²) in [5.41, 5.74) is 7.84. The van der Waals surface area contributed by atoms with Crippen LogP contribution in [0, 0.1) is 5.41 Å². The molecule has 0 spiro atoms. The van der Waals surface area contributed by atoms with Crippen LogP contribution >= 0.6 is 0 Å². The first-order chi connectivity index (χ1) is 16.9. The number of likely N-dealkylation sites (N-methyl/N-ethyl adjacent to an activating group) is 1. The molecule has 3 aromatic carbocycles. The fourth-order valence-electron chi connectivity index (χ4n) is 4.68. The Labute approximate surface area is 214 Å². The van der Waals surface area contributed by atoms with Crippen LogP contribution in [0.1, 0.15) is 68.7 Å². The standard InChI is InChI=1S/C32H40BNO/c1-6-30(26-10-8-7-9-11-26)31(28-16-18-29(19-17-28)35-21-20-34-5)27-14-12-25(13-15-27)24(2)22-32(3,4)23-33/h7-19,24,34H,6,20-23H2,1-5H3/b31-30-. The van der Waals surface area contributed by atoms with Gasteiger partial charge in [0, 0.05) is 6.54 Å². The average molecular weight is 465 g/mol. The van der Waals surface area contributed by atoms with Crippen molar-refractivity contribution in [3.05, 3.63) is 101 Å². The fraction of sp³-hybridized carbons (Fsp3) is 0.375. The Morgan fingerprint density at radius 3 is 2.03 bits per heavy atom. The summed E-state index contributed by atoms with van der Waals surface area (Å²) in [6.07, 6.45) is 2.72. The van der Waals surface area contributed by atoms with Gasteiger partial charge in [0.2, 0.25) is 0 Å². The van der Waals surface area contributed by atoms with Crippen LogP contribution in [0.3, 0.4) is 0 Å². The molecule has 3 aromatic rings. The Balaban J connectivity index is 2.00. The molecule has 3 heteroatoms. The highest BCUT2D eigenvalue weighted by Crippen LogP contribution is 2.37. The molecule has 182 valence electrons. The third-order valence-corrected chi connectivity index (χ3v) is 6.72. The SMILES string of the molecule is [B]CC(C)(C)CC(C)c1ccc(/C(=C(\CC)c2ccccc2)c2ccc(OCCNC)cc2)cc1. The lowest BCUT2D eigenvalue weighted by Gasteiger charge is -2.27. The maximum Gasteiger partial charge on any atom is 0.119 e. The molecule has 0 heterocycles. The maximum absolute atomic E-state index is 5.99. The number of hydrogen-bond donors (Lipinski definition) is 1. The quantitative estimate of drug-likeness (QED) is 0.168. The summed E-state index contributed by atoms with van der Waals surface area (Å²) in [4.78, 5) is 0. The molecule has 0 saturated carbocycles. The van der Waals surface area contributed by atoms with E-state index in [9.17, 15) is 0 Å². The van der Waals surface area contributed by atoms with Crippen molar-refractivity contribution in [1.82, 2.24) is 5.32 Å². The van der Waals surface area contributed by atoms with Crippen LogP contribution < -0.4 is 10.1 Å². The van der Waals surface area contributed by atoms with Gasteiger partial charge in [-0.25, -0.2) is 0 Å². The van der Waals surface area contributed by atoms with E-state index in [0.29, 0.717) is 18.8 Å². The zero-order valence-electron chi connectivity index (χ0n) is 22.1. The van der Waals surface area contributed by atoms with Crippen molar-refractivity contribution < 1.29 is 4.74 Å². The number of ether oxygens (including phenoxy) is 1. The first-order valence-corrected chi connectivity index (χ1v) is 12.9. The highest BCUT2D eigenvalue weighted by atomic mass is 16.5. The minimum absolute atomic E-state index is 0.142. The van der Waals surface area contributed by atoms with Gasteiger partial charge in [-0.15, -0.1) is 0 Å². The van der Waals surface area contributed by atoms with Crippen molar-refractivity contribution in [3.8, 4) is 5.75 Å². The Morgan fingerprint density at radius 2 is 1.49 bits per heavy atom. The molecule has 0 aliphatic carbocycles. The maximum atomic E-state index is 5.99. The molecule has 0 aliphatic heterocycles. The van der Waals surface area contributed by atoms with Crippen molar-refractivity contribution in [1.29, 1.82) is 0 Å². The third-order valence-electron chi connectivity index (χ3n) is 6.72. The van der Waals surface area contributed by atoms with Gasteiger partial charge >= 0.3 is 0 Å². The van der Waals surface area contributed by atoms with E-state index >= 15 is 0 Å². The van der Waals surface area contributed by atoms with Crippen LogP contribution in [0.15, 0.2) is 78.9 Å². The van der Waals surface area contributed by atoms with Gasteiger partial charge in [-0.1, -0.05) is 101 Å². The predicted octanol–water partition coefficient (Wildman–Crippen LogP) is 7.76. The molecule has 1 atom stereocenters. The van der Waals surface area contributed by atoms with Crippen LogP contribution in [-0.2, 0) is 0 Å². The lowest BCUT2D eigenvalue weighted by molar-refractivity contribution is 0.318. The summed E-state index contributed by atoms with van der Waals surface area (Å²) in [5, 5.41) is 3.12. The minimum Gasteiger partial charge on any atom is -0.492 e. The van der Waals surface area contributed by atoms with Crippen molar-refractivity contribution in [2.75, 3.05) is 20.2 Å². The van der Waals surface area contributed by atoms with Gasteiger partial charge in [-0.05, 0) is 76.8 Å². The lowest BCUT2D eigenvalue weighted by atomic mass is 9.72. The molecular formula is C32H40BNO. The van der Waals surface area contributed by atoms with Crippen LogP contribution in [0.25, 0.3) is 11.1 Å². The number of rotatable bonds is 12. The average Bonchev–Trinajstić information content (AvgIpc) is 2.88. The van der Waals surface area contributed by atoms with Gasteiger partial charge in [-0.3, -0.25) is 0 Å². The number of nitrogens with one attached hydrogen (secondary N) is 1. The topological polar surface area (TPSA) is 21.3 Å². The molecule has 0 aliphatic rings. The van der Waals surface area contributed by atoms with E-state index in [1.165, 1.54) is 33.4 Å². The summed E-state index contributed by atoms with van der Waals surface area (Å²) < 4.78 is 5.86. The second-order valence-electron chi connectivity index (χ2n) is 10.1. The molecule has 2 radical (unpaired) electrons. The molecule has 2 nitrogen and oxygen atoms in total. The number of hydrogen-bond acceptors (Lipinski definition) is 2. The van der Waals surface area contributed by atoms with Gasteiger partial charge in [0.05, 0.1) is 7.85 Å². The lowest BCUT2D eigenvalue weighted by Crippen LogP contribution is -2.15. The van der Waals surface area contributed by atoms with E-state index in [1.807, 2.05) is 7.05 Å². The fourth-order valence-corrected chi connectivity index (χ4v) is 4.68. The zero-order chi connectivity index (χ0) is 25.3. The molecule has 0 aromatic heterocycles. The van der Waals surface area contributed by atoms with Crippen LogP contribution in [0.2, 0.25) is 6.32 Å². The van der Waals surface area contributed by atoms with Gasteiger partial charge < -0.3 is 10.1 Å². The Hall–Kier alpha value is -2.78. The van der Waals surface area contributed by atoms with Crippen molar-refractivity contribution in [2.45, 2.75) is 52.8 Å². The first-order valence-electron chi connectivity index (χ1n) is 12.9. The monoisotopic (exact) mass is 465 g/mol. The molecule has 1 N–H and O–H groups in total. The smallest absolute Gasteiger partial charge is 0.119 e. The largest absolute Gasteiger partial charge is 0.492 e. The molecular weight excluding hydrogens is 425 g/mol. The Kier molecular flexibility index (Phi) is 9.80. The molecule has 1 unspecified atom stereocenters. The summed E-state index contributed by atoms with van der Waals surface area (Å²) in [5.74, 6) is 1.36. The minimum atomic E-state index is 0.142. The van der Waals surface area contributed by atoms with E-state index < -0.39 is 0 Å². The summed E-state index contributed by atoms with van der Waals surface area (Å²) >= 11 is 0. The molecule has 0 saturated heterocycles. The molecule has 0 bridgehead atoms. The van der Waals surface area contributed by atoms with E-state index in [2.05, 4.69) is 112 Å². The van der Waals surface area contributed by atoms with E-state index in [1.54, 1.807) is 0 Å². The molecule has 35 heavy (non-hydrogen) atoms. The van der Waals surface area contributed by atoms with Crippen LogP contribution in [0.4, 0.5) is 0 Å². The van der Waals surface area contributed by atoms with E-state index in [-0.39, 0.29) is 5.41 Å². The van der Waals surface area contributed by atoms with Gasteiger partial charge in [0.15, 0.2) is 0 Å². The van der Waals surface area contributed by atoms with E-state index in [0.717, 1.165) is 25.1 Å². The zero-order valence-corrected chi connectivity index (χ0v) is 22.1. The summed E-state index contributed by atoms with van der Waals surface area (Å²) in [6.45, 7) is 10.5. The van der Waals surface area contributed by atoms with Crippen molar-refractivity contribution in [3.63, 3.8) is 0 Å². The number of allylic oxidation sites excluding steroid dienone is 1. The van der Waals surface area contributed by atoms with Crippen molar-refractivity contribution >= 4 is 19.0 Å². The summed E-state index contributed by atoms with van der Waals surface area (Å²) in [7, 11) is 7.93. The molecule has 3 rings (SSSR count). The second-order valence-corrected chi connectivity index (χ2v) is 10.1. The summed E-state index contributed by atoms with van der Waals surface area (Å²) in [6, 6.07) is 28.4. The van der Waals surface area contributed by atoms with Crippen LogP contribution in [-0.4, -0.2) is 28.0 Å². The third kappa shape index (κ3) is 7.35. The number of benzene rings is 3. The van der Waals surface area contributed by atoms with Gasteiger partial charge in [0.1, 0.15) is 12.4 Å². The Morgan fingerprint density at radius 1 is 0.886 bits per heavy atom. The highest BCUT2D eigenvalue weighted by molar-refractivity contribution is 6.08. The highest BCUT2D eigenvalue weighted by Gasteiger charge is 2.20. The van der Waals surface area contributed by atoms with Gasteiger partial charge in [-0.2, -0.15) is 0 Å². The second kappa shape index (κ2) is 12.8. The van der Waals surface area contributed by atoms with Gasteiger partial charge in [0.25, 0.3) is 0 Å². The molecule has 0 amide bonds. The Bertz CT molecular complexity index is 1070. The predicted molar refractivity (Wildman–Crippen MR) is 152 cm³/mol. The van der Waals surface area contributed by atoms with E-state index in [4.69, 9.17) is 12.6 Å². The van der Waals surface area contributed by atoms with Crippen molar-refractivity contribution in [2.24, 2.45) is 5.41 Å². The molecule has 0 fully saturated rings.